The molecule has 1 aromatic carbocycles. The Labute approximate surface area is 139 Å². The summed E-state index contributed by atoms with van der Waals surface area (Å²) in [5.74, 6) is -2.01. The molecule has 0 heterocycles. The minimum Gasteiger partial charge on any atom is -0.569 e. The number of carboxylic acids is 1. The highest BCUT2D eigenvalue weighted by atomic mass is 16.8. The smallest absolute Gasteiger partial charge is 0.332 e. The Bertz CT molecular complexity index is 576. The number of hydrazine groups is 1. The summed E-state index contributed by atoms with van der Waals surface area (Å²) < 4.78 is 4.68. The number of hydrogen-bond acceptors (Lipinski definition) is 6. The van der Waals surface area contributed by atoms with Gasteiger partial charge >= 0.3 is 11.9 Å². The summed E-state index contributed by atoms with van der Waals surface area (Å²) in [4.78, 5) is 27.2. The van der Waals surface area contributed by atoms with E-state index in [1.165, 1.54) is 7.05 Å². The molecule has 0 unspecified atom stereocenters. The number of carbonyl (C=O) groups excluding carboxylic acids is 1. The van der Waals surface area contributed by atoms with Gasteiger partial charge in [0.25, 0.3) is 6.79 Å². The van der Waals surface area contributed by atoms with Crippen LogP contribution in [0.1, 0.15) is 19.4 Å². The minimum absolute atomic E-state index is 0.00490. The van der Waals surface area contributed by atoms with Crippen LogP contribution in [-0.4, -0.2) is 46.9 Å². The first-order chi connectivity index (χ1) is 11.3. The van der Waals surface area contributed by atoms with Crippen molar-refractivity contribution in [1.82, 2.24) is 5.01 Å². The molecule has 132 valence electrons. The van der Waals surface area contributed by atoms with Crippen LogP contribution in [0.4, 0.5) is 0 Å². The normalized spacial score (nSPS) is 12.6. The fraction of sp³-hybridized carbons (Fsp3) is 0.467. The van der Waals surface area contributed by atoms with Gasteiger partial charge in [-0.1, -0.05) is 44.2 Å². The maximum Gasteiger partial charge on any atom is 0.332 e. The van der Waals surface area contributed by atoms with Crippen molar-refractivity contribution in [2.75, 3.05) is 13.8 Å². The topological polar surface area (TPSA) is 114 Å². The van der Waals surface area contributed by atoms with Crippen molar-refractivity contribution < 1.29 is 29.2 Å². The van der Waals surface area contributed by atoms with Crippen LogP contribution >= 0.6 is 0 Å². The number of likely N-dealkylation sites (N-methyl/N-ethyl adjacent to an activating group) is 1. The predicted octanol–water partition coefficient (Wildman–Crippen LogP) is 1.58. The average Bonchev–Trinajstić information content (AvgIpc) is 2.56. The van der Waals surface area contributed by atoms with E-state index in [4.69, 9.17) is 0 Å². The van der Waals surface area contributed by atoms with Gasteiger partial charge in [0.15, 0.2) is 6.04 Å². The molecule has 0 radical (unpaired) electrons. The molecule has 0 aliphatic carbocycles. The third kappa shape index (κ3) is 6.11. The van der Waals surface area contributed by atoms with Crippen LogP contribution in [0.15, 0.2) is 35.6 Å². The fourth-order valence-electron chi connectivity index (χ4n) is 1.72. The highest BCUT2D eigenvalue weighted by Gasteiger charge is 2.29. The fourth-order valence-corrected chi connectivity index (χ4v) is 1.72. The van der Waals surface area contributed by atoms with Gasteiger partial charge in [-0.15, -0.1) is 5.01 Å². The summed E-state index contributed by atoms with van der Waals surface area (Å²) in [5, 5.41) is 25.1. The van der Waals surface area contributed by atoms with Crippen molar-refractivity contribution in [3.63, 3.8) is 0 Å². The Morgan fingerprint density at radius 2 is 1.96 bits per heavy atom. The summed E-state index contributed by atoms with van der Waals surface area (Å²) in [6.45, 7) is 2.77. The van der Waals surface area contributed by atoms with Crippen LogP contribution in [0.25, 0.3) is 0 Å². The zero-order valence-corrected chi connectivity index (χ0v) is 13.8. The van der Waals surface area contributed by atoms with E-state index in [2.05, 4.69) is 14.9 Å². The molecule has 1 atom stereocenters. The molecule has 0 aliphatic heterocycles. The number of esters is 1. The van der Waals surface area contributed by atoms with E-state index in [0.717, 1.165) is 10.6 Å². The highest BCUT2D eigenvalue weighted by Crippen LogP contribution is 2.09. The summed E-state index contributed by atoms with van der Waals surface area (Å²) in [5.41, 5.74) is 0.761. The SMILES string of the molecule is CC(C)C(=O)OCON=[N+]([O-])N(C)[C@@H](Cc1ccccc1)C(=O)O. The summed E-state index contributed by atoms with van der Waals surface area (Å²) >= 11 is 0. The number of ether oxygens (including phenoxy) is 1. The first-order valence-electron chi connectivity index (χ1n) is 7.29. The largest absolute Gasteiger partial charge is 0.569 e. The van der Waals surface area contributed by atoms with Gasteiger partial charge in [0, 0.05) is 6.42 Å². The van der Waals surface area contributed by atoms with Gasteiger partial charge in [-0.3, -0.25) is 4.79 Å². The van der Waals surface area contributed by atoms with E-state index in [9.17, 15) is 19.9 Å². The van der Waals surface area contributed by atoms with Gasteiger partial charge in [-0.05, 0) is 5.56 Å². The van der Waals surface area contributed by atoms with Gasteiger partial charge in [-0.25, -0.2) is 4.79 Å². The van der Waals surface area contributed by atoms with Crippen molar-refractivity contribution in [1.29, 1.82) is 0 Å². The number of carboxylic acid groups (broad SMARTS) is 1. The van der Waals surface area contributed by atoms with E-state index in [-0.39, 0.29) is 17.3 Å². The predicted molar refractivity (Wildman–Crippen MR) is 82.3 cm³/mol. The lowest BCUT2D eigenvalue weighted by Crippen LogP contribution is -2.44. The van der Waals surface area contributed by atoms with Crippen LogP contribution < -0.4 is 0 Å². The van der Waals surface area contributed by atoms with Gasteiger partial charge in [0.2, 0.25) is 5.28 Å². The number of benzene rings is 1. The van der Waals surface area contributed by atoms with Crippen molar-refractivity contribution in [2.45, 2.75) is 26.3 Å². The molecule has 0 aromatic heterocycles. The molecule has 0 saturated heterocycles. The first kappa shape index (κ1) is 19.2. The number of aliphatic carboxylic acids is 1. The van der Waals surface area contributed by atoms with Crippen molar-refractivity contribution in [3.05, 3.63) is 41.1 Å². The van der Waals surface area contributed by atoms with Crippen molar-refractivity contribution in [3.8, 4) is 0 Å². The van der Waals surface area contributed by atoms with E-state index < -0.39 is 24.8 Å². The van der Waals surface area contributed by atoms with E-state index in [0.29, 0.717) is 0 Å². The monoisotopic (exact) mass is 339 g/mol. The number of hydrogen-bond donors (Lipinski definition) is 1. The molecule has 0 fully saturated rings. The molecule has 24 heavy (non-hydrogen) atoms. The Balaban J connectivity index is 2.62. The van der Waals surface area contributed by atoms with Gasteiger partial charge in [-0.2, -0.15) is 0 Å². The molecule has 0 saturated carbocycles. The molecule has 1 aromatic rings. The second kappa shape index (κ2) is 9.33. The van der Waals surface area contributed by atoms with Crippen molar-refractivity contribution >= 4 is 11.9 Å². The lowest BCUT2D eigenvalue weighted by molar-refractivity contribution is -0.711. The lowest BCUT2D eigenvalue weighted by atomic mass is 10.1. The molecular formula is C15H21N3O6. The molecule has 0 bridgehead atoms. The van der Waals surface area contributed by atoms with E-state index in [1.54, 1.807) is 38.1 Å². The molecule has 0 amide bonds. The third-order valence-electron chi connectivity index (χ3n) is 3.13. The highest BCUT2D eigenvalue weighted by molar-refractivity contribution is 5.73. The zero-order chi connectivity index (χ0) is 18.1. The summed E-state index contributed by atoms with van der Waals surface area (Å²) in [7, 11) is 1.28. The molecular weight excluding hydrogens is 318 g/mol. The van der Waals surface area contributed by atoms with Gasteiger partial charge in [0.1, 0.15) is 0 Å². The van der Waals surface area contributed by atoms with Crippen LogP contribution in [0.2, 0.25) is 0 Å². The molecule has 9 nitrogen and oxygen atoms in total. The number of carbonyl (C=O) groups is 2. The molecule has 1 rings (SSSR count). The molecule has 9 heteroatoms. The Morgan fingerprint density at radius 3 is 2.50 bits per heavy atom. The van der Waals surface area contributed by atoms with E-state index in [1.807, 2.05) is 6.07 Å². The summed E-state index contributed by atoms with van der Waals surface area (Å²) in [6.07, 6.45) is 0.114. The van der Waals surface area contributed by atoms with Crippen molar-refractivity contribution in [2.24, 2.45) is 11.2 Å². The van der Waals surface area contributed by atoms with Crippen LogP contribution in [0.3, 0.4) is 0 Å². The number of nitrogens with zero attached hydrogens (tertiary/aromatic N) is 3. The lowest BCUT2D eigenvalue weighted by Gasteiger charge is -2.20. The number of rotatable bonds is 9. The first-order valence-corrected chi connectivity index (χ1v) is 7.29. The second-order valence-electron chi connectivity index (χ2n) is 5.32. The van der Waals surface area contributed by atoms with Gasteiger partial charge in [0.05, 0.1) is 17.9 Å². The molecule has 0 aliphatic rings. The zero-order valence-electron chi connectivity index (χ0n) is 13.8. The van der Waals surface area contributed by atoms with Crippen LogP contribution in [0, 0.1) is 11.1 Å². The standard InChI is InChI=1S/C15H21N3O6/c1-11(2)15(21)23-10-24-16-18(22)17(3)13(14(19)20)9-12-7-5-4-6-8-12/h4-8,11,13H,9-10H2,1-3H3,(H,19,20)/t13-/m0/s1. The maximum absolute atomic E-state index is 11.8. The summed E-state index contributed by atoms with van der Waals surface area (Å²) in [6, 6.07) is 7.76. The quantitative estimate of drug-likeness (QED) is 0.181. The molecule has 1 N–H and O–H groups in total. The Hall–Kier alpha value is -2.84. The van der Waals surface area contributed by atoms with Crippen LogP contribution in [-0.2, 0) is 25.6 Å². The Morgan fingerprint density at radius 1 is 1.33 bits per heavy atom. The maximum atomic E-state index is 11.8. The molecule has 0 spiro atoms. The van der Waals surface area contributed by atoms with Gasteiger partial charge < -0.3 is 19.9 Å². The van der Waals surface area contributed by atoms with Crippen LogP contribution in [0.5, 0.6) is 0 Å². The average molecular weight is 339 g/mol. The Kier molecular flexibility index (Phi) is 7.47. The van der Waals surface area contributed by atoms with E-state index >= 15 is 0 Å². The second-order valence-corrected chi connectivity index (χ2v) is 5.32. The minimum atomic E-state index is -1.18. The third-order valence-corrected chi connectivity index (χ3v) is 3.13.